The minimum absolute atomic E-state index is 0.0595. The van der Waals surface area contributed by atoms with Crippen LogP contribution in [-0.2, 0) is 9.59 Å². The smallest absolute Gasteiger partial charge is 0.310 e. The van der Waals surface area contributed by atoms with E-state index >= 15 is 0 Å². The maximum Gasteiger partial charge on any atom is 0.310 e. The summed E-state index contributed by atoms with van der Waals surface area (Å²) < 4.78 is 1.17. The first-order chi connectivity index (χ1) is 10.1. The third kappa shape index (κ3) is 2.78. The standard InChI is InChI=1S/C16H17NO3S/c18-14(10-16(15(19)20)6-1-2-7-16)17-12-3-4-13-11(9-12)5-8-21-13/h3-5,8-9H,1-2,6-7,10H2,(H,17,18)(H,19,20). The molecule has 1 aromatic carbocycles. The molecule has 21 heavy (non-hydrogen) atoms. The van der Waals surface area contributed by atoms with Crippen LogP contribution >= 0.6 is 11.3 Å². The van der Waals surface area contributed by atoms with Gasteiger partial charge in [0.05, 0.1) is 5.41 Å². The number of aliphatic carboxylic acids is 1. The van der Waals surface area contributed by atoms with Crippen molar-refractivity contribution in [1.29, 1.82) is 0 Å². The van der Waals surface area contributed by atoms with Gasteiger partial charge in [0.25, 0.3) is 0 Å². The summed E-state index contributed by atoms with van der Waals surface area (Å²) in [5.41, 5.74) is -0.138. The molecule has 5 heteroatoms. The molecule has 0 unspecified atom stereocenters. The number of carboxylic acids is 1. The molecule has 1 aliphatic carbocycles. The van der Waals surface area contributed by atoms with Crippen LogP contribution in [0.3, 0.4) is 0 Å². The number of hydrogen-bond donors (Lipinski definition) is 2. The predicted octanol–water partition coefficient (Wildman–Crippen LogP) is 3.87. The highest BCUT2D eigenvalue weighted by atomic mass is 32.1. The fourth-order valence-electron chi connectivity index (χ4n) is 3.07. The zero-order valence-corrected chi connectivity index (χ0v) is 12.4. The summed E-state index contributed by atoms with van der Waals surface area (Å²) in [6, 6.07) is 7.76. The number of nitrogens with one attached hydrogen (secondary N) is 1. The molecule has 1 heterocycles. The van der Waals surface area contributed by atoms with E-state index in [1.54, 1.807) is 11.3 Å². The molecule has 110 valence electrons. The quantitative estimate of drug-likeness (QED) is 0.901. The zero-order chi connectivity index (χ0) is 14.9. The number of carbonyl (C=O) groups excluding carboxylic acids is 1. The Morgan fingerprint density at radius 3 is 2.71 bits per heavy atom. The van der Waals surface area contributed by atoms with Crippen molar-refractivity contribution in [3.63, 3.8) is 0 Å². The number of fused-ring (bicyclic) bond motifs is 1. The predicted molar refractivity (Wildman–Crippen MR) is 83.6 cm³/mol. The summed E-state index contributed by atoms with van der Waals surface area (Å²) in [6.07, 6.45) is 3.03. The van der Waals surface area contributed by atoms with E-state index in [0.29, 0.717) is 12.8 Å². The van der Waals surface area contributed by atoms with Gasteiger partial charge in [-0.25, -0.2) is 0 Å². The second-order valence-electron chi connectivity index (χ2n) is 5.69. The summed E-state index contributed by atoms with van der Waals surface area (Å²) >= 11 is 1.65. The summed E-state index contributed by atoms with van der Waals surface area (Å²) in [7, 11) is 0. The molecule has 1 aromatic heterocycles. The Kier molecular flexibility index (Phi) is 3.68. The summed E-state index contributed by atoms with van der Waals surface area (Å²) in [5.74, 6) is -1.06. The second-order valence-corrected chi connectivity index (χ2v) is 6.64. The van der Waals surface area contributed by atoms with E-state index < -0.39 is 11.4 Å². The van der Waals surface area contributed by atoms with Crippen molar-refractivity contribution in [3.05, 3.63) is 29.6 Å². The molecule has 2 N–H and O–H groups in total. The first-order valence-corrected chi connectivity index (χ1v) is 7.98. The van der Waals surface area contributed by atoms with E-state index in [-0.39, 0.29) is 12.3 Å². The van der Waals surface area contributed by atoms with E-state index in [9.17, 15) is 14.7 Å². The normalized spacial score (nSPS) is 17.0. The Hall–Kier alpha value is -1.88. The molecule has 0 atom stereocenters. The maximum absolute atomic E-state index is 12.2. The lowest BCUT2D eigenvalue weighted by Gasteiger charge is -2.22. The molecule has 0 radical (unpaired) electrons. The van der Waals surface area contributed by atoms with Gasteiger partial charge in [-0.15, -0.1) is 11.3 Å². The largest absolute Gasteiger partial charge is 0.481 e. The minimum atomic E-state index is -0.865. The molecule has 0 aliphatic heterocycles. The molecular formula is C16H17NO3S. The number of rotatable bonds is 4. The Balaban J connectivity index is 1.72. The zero-order valence-electron chi connectivity index (χ0n) is 11.6. The van der Waals surface area contributed by atoms with Crippen molar-refractivity contribution in [2.24, 2.45) is 5.41 Å². The molecular weight excluding hydrogens is 286 g/mol. The van der Waals surface area contributed by atoms with Crippen LogP contribution in [0, 0.1) is 5.41 Å². The van der Waals surface area contributed by atoms with Gasteiger partial charge in [-0.2, -0.15) is 0 Å². The van der Waals surface area contributed by atoms with Gasteiger partial charge in [-0.1, -0.05) is 12.8 Å². The Labute approximate surface area is 126 Å². The van der Waals surface area contributed by atoms with Crippen LogP contribution in [0.4, 0.5) is 5.69 Å². The number of benzene rings is 1. The maximum atomic E-state index is 12.2. The van der Waals surface area contributed by atoms with Crippen LogP contribution in [0.25, 0.3) is 10.1 Å². The Morgan fingerprint density at radius 2 is 2.00 bits per heavy atom. The topological polar surface area (TPSA) is 66.4 Å². The average molecular weight is 303 g/mol. The summed E-state index contributed by atoms with van der Waals surface area (Å²) in [5, 5.41) is 15.3. The van der Waals surface area contributed by atoms with Crippen molar-refractivity contribution in [3.8, 4) is 0 Å². The third-order valence-corrected chi connectivity index (χ3v) is 5.15. The van der Waals surface area contributed by atoms with Crippen LogP contribution in [0.15, 0.2) is 29.6 Å². The monoisotopic (exact) mass is 303 g/mol. The van der Waals surface area contributed by atoms with E-state index in [2.05, 4.69) is 5.32 Å². The molecule has 0 spiro atoms. The molecule has 1 amide bonds. The van der Waals surface area contributed by atoms with Crippen molar-refractivity contribution in [1.82, 2.24) is 0 Å². The van der Waals surface area contributed by atoms with E-state index in [0.717, 1.165) is 23.9 Å². The summed E-state index contributed by atoms with van der Waals surface area (Å²) in [6.45, 7) is 0. The fraction of sp³-hybridized carbons (Fsp3) is 0.375. The lowest BCUT2D eigenvalue weighted by molar-refractivity contribution is -0.150. The highest BCUT2D eigenvalue weighted by molar-refractivity contribution is 7.17. The number of anilines is 1. The number of hydrogen-bond acceptors (Lipinski definition) is 3. The van der Waals surface area contributed by atoms with Crippen molar-refractivity contribution in [2.45, 2.75) is 32.1 Å². The van der Waals surface area contributed by atoms with Gasteiger partial charge >= 0.3 is 5.97 Å². The number of carboxylic acid groups (broad SMARTS) is 1. The number of carbonyl (C=O) groups is 2. The van der Waals surface area contributed by atoms with E-state index in [1.165, 1.54) is 4.70 Å². The lowest BCUT2D eigenvalue weighted by Crippen LogP contribution is -2.32. The first kappa shape index (κ1) is 14.1. The molecule has 4 nitrogen and oxygen atoms in total. The van der Waals surface area contributed by atoms with Crippen LogP contribution in [-0.4, -0.2) is 17.0 Å². The van der Waals surface area contributed by atoms with Crippen molar-refractivity contribution >= 4 is 39.0 Å². The van der Waals surface area contributed by atoms with E-state index in [1.807, 2.05) is 29.6 Å². The number of amides is 1. The number of thiophene rings is 1. The van der Waals surface area contributed by atoms with Gasteiger partial charge in [0.15, 0.2) is 0 Å². The highest BCUT2D eigenvalue weighted by Crippen LogP contribution is 2.41. The fourth-order valence-corrected chi connectivity index (χ4v) is 3.85. The van der Waals surface area contributed by atoms with Gasteiger partial charge in [0.2, 0.25) is 5.91 Å². The molecule has 0 bridgehead atoms. The molecule has 1 aliphatic rings. The van der Waals surface area contributed by atoms with E-state index in [4.69, 9.17) is 0 Å². The van der Waals surface area contributed by atoms with Gasteiger partial charge in [-0.05, 0) is 47.9 Å². The Morgan fingerprint density at radius 1 is 1.24 bits per heavy atom. The van der Waals surface area contributed by atoms with Crippen molar-refractivity contribution in [2.75, 3.05) is 5.32 Å². The highest BCUT2D eigenvalue weighted by Gasteiger charge is 2.42. The Bertz CT molecular complexity index is 686. The molecule has 2 aromatic rings. The van der Waals surface area contributed by atoms with Gasteiger partial charge < -0.3 is 10.4 Å². The van der Waals surface area contributed by atoms with Crippen LogP contribution in [0.2, 0.25) is 0 Å². The molecule has 3 rings (SSSR count). The van der Waals surface area contributed by atoms with Crippen LogP contribution in [0.1, 0.15) is 32.1 Å². The minimum Gasteiger partial charge on any atom is -0.481 e. The van der Waals surface area contributed by atoms with Gasteiger partial charge in [0, 0.05) is 16.8 Å². The molecule has 1 fully saturated rings. The first-order valence-electron chi connectivity index (χ1n) is 7.10. The van der Waals surface area contributed by atoms with Gasteiger partial charge in [-0.3, -0.25) is 9.59 Å². The van der Waals surface area contributed by atoms with Gasteiger partial charge in [0.1, 0.15) is 0 Å². The average Bonchev–Trinajstić information content (AvgIpc) is 3.07. The lowest BCUT2D eigenvalue weighted by atomic mass is 9.82. The van der Waals surface area contributed by atoms with Crippen molar-refractivity contribution < 1.29 is 14.7 Å². The SMILES string of the molecule is O=C(CC1(C(=O)O)CCCC1)Nc1ccc2sccc2c1. The molecule has 0 saturated heterocycles. The van der Waals surface area contributed by atoms with Crippen LogP contribution < -0.4 is 5.32 Å². The summed E-state index contributed by atoms with van der Waals surface area (Å²) in [4.78, 5) is 23.7. The molecule has 1 saturated carbocycles. The third-order valence-electron chi connectivity index (χ3n) is 4.25. The van der Waals surface area contributed by atoms with Crippen LogP contribution in [0.5, 0.6) is 0 Å². The second kappa shape index (κ2) is 5.48.